The van der Waals surface area contributed by atoms with Gasteiger partial charge in [-0.05, 0) is 31.0 Å². The quantitative estimate of drug-likeness (QED) is 0.689. The third-order valence-electron chi connectivity index (χ3n) is 3.87. The van der Waals surface area contributed by atoms with Crippen LogP contribution in [0.15, 0.2) is 23.1 Å². The van der Waals surface area contributed by atoms with Crippen LogP contribution in [0, 0.1) is 5.41 Å². The summed E-state index contributed by atoms with van der Waals surface area (Å²) in [6, 6.07) is 3.78. The minimum absolute atomic E-state index is 0.0296. The molecule has 0 heterocycles. The Morgan fingerprint density at radius 1 is 1.33 bits per heavy atom. The van der Waals surface area contributed by atoms with Crippen LogP contribution >= 0.6 is 0 Å². The highest BCUT2D eigenvalue weighted by Gasteiger charge is 2.33. The number of anilines is 1. The average molecular weight is 314 g/mol. The molecule has 1 aromatic rings. The SMILES string of the molecule is CCC(CC)(CN)C(=O)Nc1cc(S(C)(=O)=O)ccc1O. The molecule has 0 aliphatic heterocycles. The largest absolute Gasteiger partial charge is 0.506 e. The van der Waals surface area contributed by atoms with E-state index >= 15 is 0 Å². The van der Waals surface area contributed by atoms with Gasteiger partial charge in [-0.2, -0.15) is 0 Å². The number of hydrogen-bond acceptors (Lipinski definition) is 5. The van der Waals surface area contributed by atoms with E-state index in [0.717, 1.165) is 6.26 Å². The molecular weight excluding hydrogens is 292 g/mol. The maximum Gasteiger partial charge on any atom is 0.231 e. The summed E-state index contributed by atoms with van der Waals surface area (Å²) in [5, 5.41) is 12.4. The van der Waals surface area contributed by atoms with Gasteiger partial charge in [-0.1, -0.05) is 13.8 Å². The van der Waals surface area contributed by atoms with Crippen LogP contribution in [-0.4, -0.2) is 32.2 Å². The standard InChI is InChI=1S/C14H22N2O4S/c1-4-14(5-2,9-15)13(18)16-11-8-10(21(3,19)20)6-7-12(11)17/h6-8,17H,4-5,9,15H2,1-3H3,(H,16,18). The van der Waals surface area contributed by atoms with Gasteiger partial charge in [0.05, 0.1) is 16.0 Å². The van der Waals surface area contributed by atoms with Gasteiger partial charge in [0.15, 0.2) is 9.84 Å². The smallest absolute Gasteiger partial charge is 0.231 e. The molecule has 0 aliphatic carbocycles. The average Bonchev–Trinajstić information content (AvgIpc) is 2.42. The number of carbonyl (C=O) groups excluding carboxylic acids is 1. The number of amides is 1. The van der Waals surface area contributed by atoms with Gasteiger partial charge in [-0.25, -0.2) is 8.42 Å². The van der Waals surface area contributed by atoms with Crippen molar-refractivity contribution in [1.29, 1.82) is 0 Å². The van der Waals surface area contributed by atoms with Gasteiger partial charge in [-0.3, -0.25) is 4.79 Å². The molecule has 21 heavy (non-hydrogen) atoms. The third kappa shape index (κ3) is 3.74. The van der Waals surface area contributed by atoms with Crippen molar-refractivity contribution >= 4 is 21.4 Å². The molecular formula is C14H22N2O4S. The van der Waals surface area contributed by atoms with Crippen molar-refractivity contribution in [2.75, 3.05) is 18.1 Å². The fourth-order valence-corrected chi connectivity index (χ4v) is 2.70. The van der Waals surface area contributed by atoms with Gasteiger partial charge < -0.3 is 16.2 Å². The number of sulfone groups is 1. The van der Waals surface area contributed by atoms with E-state index in [4.69, 9.17) is 5.73 Å². The molecule has 0 aliphatic rings. The monoisotopic (exact) mass is 314 g/mol. The number of nitrogens with one attached hydrogen (secondary N) is 1. The molecule has 0 radical (unpaired) electrons. The van der Waals surface area contributed by atoms with Crippen LogP contribution in [0.2, 0.25) is 0 Å². The molecule has 0 bridgehead atoms. The van der Waals surface area contributed by atoms with Crippen LogP contribution in [0.1, 0.15) is 26.7 Å². The van der Waals surface area contributed by atoms with Gasteiger partial charge in [0.2, 0.25) is 5.91 Å². The number of carbonyl (C=O) groups is 1. The summed E-state index contributed by atoms with van der Waals surface area (Å²) in [7, 11) is -3.42. The minimum Gasteiger partial charge on any atom is -0.506 e. The van der Waals surface area contributed by atoms with E-state index in [1.807, 2.05) is 13.8 Å². The Labute approximate surface area is 125 Å². The van der Waals surface area contributed by atoms with Crippen molar-refractivity contribution in [3.05, 3.63) is 18.2 Å². The molecule has 0 spiro atoms. The predicted molar refractivity (Wildman–Crippen MR) is 81.9 cm³/mol. The van der Waals surface area contributed by atoms with Gasteiger partial charge in [0.25, 0.3) is 0 Å². The Hall–Kier alpha value is -1.60. The van der Waals surface area contributed by atoms with Crippen molar-refractivity contribution in [3.8, 4) is 5.75 Å². The van der Waals surface area contributed by atoms with Gasteiger partial charge >= 0.3 is 0 Å². The van der Waals surface area contributed by atoms with Crippen LogP contribution in [0.3, 0.4) is 0 Å². The summed E-state index contributed by atoms with van der Waals surface area (Å²) in [6.45, 7) is 3.91. The van der Waals surface area contributed by atoms with Crippen molar-refractivity contribution in [2.45, 2.75) is 31.6 Å². The normalized spacial score (nSPS) is 12.2. The van der Waals surface area contributed by atoms with Crippen LogP contribution in [0.25, 0.3) is 0 Å². The fraction of sp³-hybridized carbons (Fsp3) is 0.500. The maximum atomic E-state index is 12.4. The molecule has 1 aromatic carbocycles. The second-order valence-corrected chi connectivity index (χ2v) is 7.11. The molecule has 0 aromatic heterocycles. The Kier molecular flexibility index (Phi) is 5.36. The van der Waals surface area contributed by atoms with Crippen LogP contribution in [0.5, 0.6) is 5.75 Å². The lowest BCUT2D eigenvalue weighted by molar-refractivity contribution is -0.125. The van der Waals surface area contributed by atoms with Gasteiger partial charge in [0, 0.05) is 12.8 Å². The number of aromatic hydroxyl groups is 1. The van der Waals surface area contributed by atoms with E-state index in [1.165, 1.54) is 18.2 Å². The molecule has 0 saturated heterocycles. The molecule has 0 unspecified atom stereocenters. The number of phenolic OH excluding ortho intramolecular Hbond substituents is 1. The molecule has 0 fully saturated rings. The second-order valence-electron chi connectivity index (χ2n) is 5.10. The second kappa shape index (κ2) is 6.44. The summed E-state index contributed by atoms with van der Waals surface area (Å²) < 4.78 is 23.1. The first-order valence-corrected chi connectivity index (χ1v) is 8.64. The lowest BCUT2D eigenvalue weighted by Gasteiger charge is -2.28. The first-order chi connectivity index (χ1) is 9.70. The molecule has 1 rings (SSSR count). The minimum atomic E-state index is -3.42. The Morgan fingerprint density at radius 3 is 2.33 bits per heavy atom. The number of benzene rings is 1. The molecule has 4 N–H and O–H groups in total. The summed E-state index contributed by atoms with van der Waals surface area (Å²) in [6.07, 6.45) is 2.17. The Morgan fingerprint density at radius 2 is 1.90 bits per heavy atom. The Bertz CT molecular complexity index is 614. The Balaban J connectivity index is 3.16. The summed E-state index contributed by atoms with van der Waals surface area (Å²) >= 11 is 0. The molecule has 0 atom stereocenters. The van der Waals surface area contributed by atoms with E-state index in [9.17, 15) is 18.3 Å². The summed E-state index contributed by atoms with van der Waals surface area (Å²) in [4.78, 5) is 12.4. The summed E-state index contributed by atoms with van der Waals surface area (Å²) in [5.41, 5.74) is 5.04. The van der Waals surface area contributed by atoms with E-state index in [1.54, 1.807) is 0 Å². The molecule has 1 amide bonds. The van der Waals surface area contributed by atoms with Crippen LogP contribution < -0.4 is 11.1 Å². The molecule has 6 nitrogen and oxygen atoms in total. The maximum absolute atomic E-state index is 12.4. The van der Waals surface area contributed by atoms with Crippen molar-refractivity contribution in [2.24, 2.45) is 11.1 Å². The highest BCUT2D eigenvalue weighted by Crippen LogP contribution is 2.31. The van der Waals surface area contributed by atoms with Crippen molar-refractivity contribution in [1.82, 2.24) is 0 Å². The molecule has 7 heteroatoms. The van der Waals surface area contributed by atoms with Crippen LogP contribution in [-0.2, 0) is 14.6 Å². The number of nitrogens with two attached hydrogens (primary N) is 1. The number of phenols is 1. The lowest BCUT2D eigenvalue weighted by atomic mass is 9.81. The van der Waals surface area contributed by atoms with E-state index in [0.29, 0.717) is 12.8 Å². The topological polar surface area (TPSA) is 109 Å². The zero-order valence-corrected chi connectivity index (χ0v) is 13.3. The zero-order valence-electron chi connectivity index (χ0n) is 12.5. The first-order valence-electron chi connectivity index (χ1n) is 6.74. The predicted octanol–water partition coefficient (Wildman–Crippen LogP) is 1.50. The zero-order chi connectivity index (χ0) is 16.3. The lowest BCUT2D eigenvalue weighted by Crippen LogP contribution is -2.41. The number of hydrogen-bond donors (Lipinski definition) is 3. The fourth-order valence-electron chi connectivity index (χ4n) is 2.05. The van der Waals surface area contributed by atoms with E-state index in [2.05, 4.69) is 5.32 Å². The highest BCUT2D eigenvalue weighted by atomic mass is 32.2. The van der Waals surface area contributed by atoms with Gasteiger partial charge in [-0.15, -0.1) is 0 Å². The molecule has 0 saturated carbocycles. The third-order valence-corrected chi connectivity index (χ3v) is 4.98. The van der Waals surface area contributed by atoms with E-state index in [-0.39, 0.29) is 28.8 Å². The highest BCUT2D eigenvalue weighted by molar-refractivity contribution is 7.90. The van der Waals surface area contributed by atoms with Gasteiger partial charge in [0.1, 0.15) is 5.75 Å². The van der Waals surface area contributed by atoms with E-state index < -0.39 is 15.3 Å². The first kappa shape index (κ1) is 17.5. The van der Waals surface area contributed by atoms with Crippen molar-refractivity contribution in [3.63, 3.8) is 0 Å². The van der Waals surface area contributed by atoms with Crippen LogP contribution in [0.4, 0.5) is 5.69 Å². The summed E-state index contributed by atoms with van der Waals surface area (Å²) in [5.74, 6) is -0.509. The molecule has 118 valence electrons. The number of rotatable bonds is 6. The van der Waals surface area contributed by atoms with Crippen molar-refractivity contribution < 1.29 is 18.3 Å².